The molecule has 0 radical (unpaired) electrons. The lowest BCUT2D eigenvalue weighted by atomic mass is 9.92. The first kappa shape index (κ1) is 23.3. The molecule has 6 nitrogen and oxygen atoms in total. The molecule has 0 fully saturated rings. The molecule has 0 aromatic heterocycles. The van der Waals surface area contributed by atoms with E-state index in [9.17, 15) is 8.42 Å². The highest BCUT2D eigenvalue weighted by Gasteiger charge is 2.32. The van der Waals surface area contributed by atoms with Crippen LogP contribution >= 0.6 is 24.0 Å². The minimum atomic E-state index is -3.86. The molecule has 1 atom stereocenters. The van der Waals surface area contributed by atoms with Crippen LogP contribution in [0.25, 0.3) is 0 Å². The number of hydrogen-bond acceptors (Lipinski definition) is 5. The number of halogens is 2. The largest absolute Gasteiger partial charge is 0.493 e. The average Bonchev–Trinajstić information content (AvgIpc) is 2.45. The zero-order valence-electron chi connectivity index (χ0n) is 14.6. The quantitative estimate of drug-likeness (QED) is 0.699. The normalized spacial score (nSPS) is 14.0. The molecule has 0 bridgehead atoms. The van der Waals surface area contributed by atoms with E-state index in [0.29, 0.717) is 12.2 Å². The summed E-state index contributed by atoms with van der Waals surface area (Å²) in [5.74, 6) is 0.933. The average molecular weight is 401 g/mol. The van der Waals surface area contributed by atoms with Crippen LogP contribution in [-0.2, 0) is 10.0 Å². The zero-order valence-corrected chi connectivity index (χ0v) is 16.9. The number of methoxy groups -OCH3 is 2. The third-order valence-corrected chi connectivity index (χ3v) is 5.52. The molecule has 0 heterocycles. The Hall–Kier alpha value is -0.730. The van der Waals surface area contributed by atoms with Gasteiger partial charge in [0.1, 0.15) is 4.90 Å². The van der Waals surface area contributed by atoms with Gasteiger partial charge in [-0.05, 0) is 19.3 Å². The lowest BCUT2D eigenvalue weighted by Crippen LogP contribution is -2.52. The molecule has 0 saturated carbocycles. The fourth-order valence-electron chi connectivity index (χ4n) is 2.49. The fourth-order valence-corrected chi connectivity index (χ4v) is 4.45. The zero-order chi connectivity index (χ0) is 17.8. The van der Waals surface area contributed by atoms with Crippen LogP contribution in [0.15, 0.2) is 17.0 Å². The first-order valence-corrected chi connectivity index (χ1v) is 9.10. The maximum absolute atomic E-state index is 12.7. The SMILES string of the molecule is COc1cc(Cl)c(S(=O)(=O)NC(C)(CN)CC(C)C)cc1OC.Cl. The van der Waals surface area contributed by atoms with Crippen molar-refractivity contribution in [3.8, 4) is 11.5 Å². The van der Waals surface area contributed by atoms with Crippen molar-refractivity contribution in [3.63, 3.8) is 0 Å². The Morgan fingerprint density at radius 1 is 1.25 bits per heavy atom. The Morgan fingerprint density at radius 3 is 2.17 bits per heavy atom. The minimum absolute atomic E-state index is 0. The van der Waals surface area contributed by atoms with Gasteiger partial charge in [0.25, 0.3) is 0 Å². The van der Waals surface area contributed by atoms with Crippen LogP contribution < -0.4 is 19.9 Å². The molecule has 0 aliphatic heterocycles. The minimum Gasteiger partial charge on any atom is -0.493 e. The van der Waals surface area contributed by atoms with E-state index in [1.807, 2.05) is 13.8 Å². The summed E-state index contributed by atoms with van der Waals surface area (Å²) in [7, 11) is -0.979. The van der Waals surface area contributed by atoms with Gasteiger partial charge >= 0.3 is 0 Å². The van der Waals surface area contributed by atoms with Gasteiger partial charge in [-0.25, -0.2) is 13.1 Å². The molecule has 1 aromatic carbocycles. The van der Waals surface area contributed by atoms with E-state index in [2.05, 4.69) is 4.72 Å². The van der Waals surface area contributed by atoms with E-state index in [0.717, 1.165) is 0 Å². The van der Waals surface area contributed by atoms with Crippen molar-refractivity contribution >= 4 is 34.0 Å². The summed E-state index contributed by atoms with van der Waals surface area (Å²) < 4.78 is 38.4. The van der Waals surface area contributed by atoms with Crippen LogP contribution in [0.4, 0.5) is 0 Å². The summed E-state index contributed by atoms with van der Waals surface area (Å²) in [4.78, 5) is -0.0692. The second kappa shape index (κ2) is 9.10. The van der Waals surface area contributed by atoms with Crippen molar-refractivity contribution in [3.05, 3.63) is 17.2 Å². The first-order chi connectivity index (χ1) is 10.6. The molecule has 0 saturated heterocycles. The number of rotatable bonds is 8. The van der Waals surface area contributed by atoms with Crippen molar-refractivity contribution in [1.29, 1.82) is 0 Å². The van der Waals surface area contributed by atoms with Crippen molar-refractivity contribution in [2.45, 2.75) is 37.6 Å². The predicted octanol–water partition coefficient (Wildman–Crippen LogP) is 2.82. The lowest BCUT2D eigenvalue weighted by molar-refractivity contribution is 0.343. The topological polar surface area (TPSA) is 90.7 Å². The molecule has 0 amide bonds. The fraction of sp³-hybridized carbons (Fsp3) is 0.600. The van der Waals surface area contributed by atoms with Crippen LogP contribution in [-0.4, -0.2) is 34.7 Å². The highest BCUT2D eigenvalue weighted by atomic mass is 35.5. The Morgan fingerprint density at radius 2 is 1.75 bits per heavy atom. The predicted molar refractivity (Wildman–Crippen MR) is 99.0 cm³/mol. The number of ether oxygens (including phenoxy) is 2. The van der Waals surface area contributed by atoms with Crippen LogP contribution in [0.5, 0.6) is 11.5 Å². The van der Waals surface area contributed by atoms with Crippen molar-refractivity contribution in [2.24, 2.45) is 11.7 Å². The number of sulfonamides is 1. The second-order valence-electron chi connectivity index (χ2n) is 6.11. The third-order valence-electron chi connectivity index (χ3n) is 3.42. The van der Waals surface area contributed by atoms with Crippen molar-refractivity contribution < 1.29 is 17.9 Å². The maximum Gasteiger partial charge on any atom is 0.242 e. The van der Waals surface area contributed by atoms with Crippen LogP contribution in [0, 0.1) is 5.92 Å². The standard InChI is InChI=1S/C15H25ClN2O4S.ClH/c1-10(2)8-15(3,9-17)18-23(19,20)14-7-13(22-5)12(21-4)6-11(14)16;/h6-7,10,18H,8-9,17H2,1-5H3;1H. The van der Waals surface area contributed by atoms with Gasteiger partial charge in [0.15, 0.2) is 11.5 Å². The van der Waals surface area contributed by atoms with Gasteiger partial charge in [-0.3, -0.25) is 0 Å². The molecule has 140 valence electrons. The number of hydrogen-bond donors (Lipinski definition) is 2. The van der Waals surface area contributed by atoms with Crippen molar-refractivity contribution in [1.82, 2.24) is 4.72 Å². The number of benzene rings is 1. The van der Waals surface area contributed by atoms with Gasteiger partial charge in [-0.15, -0.1) is 12.4 Å². The van der Waals surface area contributed by atoms with Gasteiger partial charge in [0, 0.05) is 24.2 Å². The second-order valence-corrected chi connectivity index (χ2v) is 8.16. The smallest absolute Gasteiger partial charge is 0.242 e. The molecular weight excluding hydrogens is 375 g/mol. The summed E-state index contributed by atoms with van der Waals surface area (Å²) in [6.45, 7) is 5.96. The summed E-state index contributed by atoms with van der Waals surface area (Å²) in [5.41, 5.74) is 5.02. The molecule has 0 aliphatic carbocycles. The molecule has 3 N–H and O–H groups in total. The van der Waals surface area contributed by atoms with Gasteiger partial charge < -0.3 is 15.2 Å². The molecule has 9 heteroatoms. The molecule has 1 aromatic rings. The molecular formula is C15H26Cl2N2O4S. The van der Waals surface area contributed by atoms with E-state index >= 15 is 0 Å². The first-order valence-electron chi connectivity index (χ1n) is 7.24. The van der Waals surface area contributed by atoms with E-state index in [-0.39, 0.29) is 40.5 Å². The Balaban J connectivity index is 0.00000529. The molecule has 1 unspecified atom stereocenters. The van der Waals surface area contributed by atoms with Crippen LogP contribution in [0.1, 0.15) is 27.2 Å². The Labute approximate surface area is 155 Å². The Bertz CT molecular complexity index is 653. The molecule has 1 rings (SSSR count). The highest BCUT2D eigenvalue weighted by Crippen LogP contribution is 2.35. The highest BCUT2D eigenvalue weighted by molar-refractivity contribution is 7.89. The van der Waals surface area contributed by atoms with Crippen molar-refractivity contribution in [2.75, 3.05) is 20.8 Å². The molecule has 0 aliphatic rings. The van der Waals surface area contributed by atoms with E-state index in [4.69, 9.17) is 26.8 Å². The molecule has 24 heavy (non-hydrogen) atoms. The summed E-state index contributed by atoms with van der Waals surface area (Å²) in [6.07, 6.45) is 0.605. The van der Waals surface area contributed by atoms with Crippen LogP contribution in [0.2, 0.25) is 5.02 Å². The number of nitrogens with two attached hydrogens (primary N) is 1. The summed E-state index contributed by atoms with van der Waals surface area (Å²) in [5, 5.41) is 0.0547. The monoisotopic (exact) mass is 400 g/mol. The van der Waals surface area contributed by atoms with E-state index in [1.165, 1.54) is 26.4 Å². The van der Waals surface area contributed by atoms with Gasteiger partial charge in [-0.2, -0.15) is 0 Å². The lowest BCUT2D eigenvalue weighted by Gasteiger charge is -2.31. The Kier molecular flexibility index (Phi) is 8.83. The van der Waals surface area contributed by atoms with Crippen LogP contribution in [0.3, 0.4) is 0 Å². The number of nitrogens with one attached hydrogen (secondary N) is 1. The maximum atomic E-state index is 12.7. The van der Waals surface area contributed by atoms with E-state index < -0.39 is 15.6 Å². The van der Waals surface area contributed by atoms with E-state index in [1.54, 1.807) is 6.92 Å². The van der Waals surface area contributed by atoms with Gasteiger partial charge in [0.2, 0.25) is 10.0 Å². The third kappa shape index (κ3) is 5.67. The van der Waals surface area contributed by atoms with Gasteiger partial charge in [0.05, 0.1) is 19.2 Å². The summed E-state index contributed by atoms with van der Waals surface area (Å²) in [6, 6.07) is 2.76. The molecule has 0 spiro atoms. The van der Waals surface area contributed by atoms with Gasteiger partial charge in [-0.1, -0.05) is 25.4 Å². The summed E-state index contributed by atoms with van der Waals surface area (Å²) >= 11 is 6.11.